The van der Waals surface area contributed by atoms with Crippen molar-refractivity contribution in [1.82, 2.24) is 0 Å². The Morgan fingerprint density at radius 3 is 0.375 bits per heavy atom. The third-order valence-corrected chi connectivity index (χ3v) is 0. The second-order valence-electron chi connectivity index (χ2n) is 0. The van der Waals surface area contributed by atoms with Crippen molar-refractivity contribution in [3.05, 3.63) is 0 Å². The van der Waals surface area contributed by atoms with Crippen LogP contribution in [0.2, 0.25) is 0 Å². The summed E-state index contributed by atoms with van der Waals surface area (Å²) in [5.74, 6) is 0. The van der Waals surface area contributed by atoms with Crippen molar-refractivity contribution in [3.8, 4) is 0 Å². The SMILES string of the molecule is [Al+3].[Cr+3].[F-].[F-].[F-].[F-].[F-].[F-]. The molecule has 0 spiro atoms. The van der Waals surface area contributed by atoms with Crippen LogP contribution in [-0.2, 0) is 17.4 Å². The van der Waals surface area contributed by atoms with Gasteiger partial charge >= 0.3 is 34.7 Å². The zero-order valence-corrected chi connectivity index (χ0v) is 5.68. The normalized spacial score (nSPS) is 0. The van der Waals surface area contributed by atoms with Gasteiger partial charge in [0.25, 0.3) is 0 Å². The van der Waals surface area contributed by atoms with Crippen LogP contribution in [0.3, 0.4) is 0 Å². The molecule has 0 unspecified atom stereocenters. The number of hydrogen-bond acceptors (Lipinski definition) is 0. The zero-order chi connectivity index (χ0) is 0. The van der Waals surface area contributed by atoms with Crippen molar-refractivity contribution in [3.63, 3.8) is 0 Å². The van der Waals surface area contributed by atoms with Gasteiger partial charge in [-0.3, -0.25) is 0 Å². The summed E-state index contributed by atoms with van der Waals surface area (Å²) in [7, 11) is 0. The molecule has 0 amide bonds. The zero-order valence-electron chi connectivity index (χ0n) is 3.25. The van der Waals surface area contributed by atoms with E-state index in [9.17, 15) is 0 Å². The third kappa shape index (κ3) is 509. The molecular weight excluding hydrogens is 193 g/mol. The van der Waals surface area contributed by atoms with Gasteiger partial charge in [0.05, 0.1) is 0 Å². The Hall–Kier alpha value is 0.645. The molecule has 0 nitrogen and oxygen atoms in total. The number of hydrogen-bond donors (Lipinski definition) is 0. The van der Waals surface area contributed by atoms with Gasteiger partial charge in [0, 0.05) is 0 Å². The van der Waals surface area contributed by atoms with Gasteiger partial charge < -0.3 is 28.2 Å². The second kappa shape index (κ2) is 812. The Morgan fingerprint density at radius 2 is 0.375 bits per heavy atom. The average Bonchev–Trinajstić information content (AvgIpc) is 0. The Balaban J connectivity index is 0. The van der Waals surface area contributed by atoms with E-state index in [-0.39, 0.29) is 62.9 Å². The minimum Gasteiger partial charge on any atom is -1.00 e. The Bertz CT molecular complexity index is 8.49. The first-order chi connectivity index (χ1) is 0. The monoisotopic (exact) mass is 193 g/mol. The second-order valence-corrected chi connectivity index (χ2v) is 0. The predicted octanol–water partition coefficient (Wildman–Crippen LogP) is -18.4. The minimum atomic E-state index is 0. The van der Waals surface area contributed by atoms with Crippen molar-refractivity contribution in [2.24, 2.45) is 0 Å². The van der Waals surface area contributed by atoms with E-state index in [4.69, 9.17) is 0 Å². The van der Waals surface area contributed by atoms with E-state index in [1.54, 1.807) is 0 Å². The van der Waals surface area contributed by atoms with Crippen LogP contribution >= 0.6 is 0 Å². The first-order valence-electron chi connectivity index (χ1n) is 0. The maximum absolute atomic E-state index is 0. The van der Waals surface area contributed by atoms with Crippen molar-refractivity contribution >= 4 is 17.4 Å². The van der Waals surface area contributed by atoms with Crippen LogP contribution in [0, 0.1) is 0 Å². The molecule has 0 aromatic rings. The molecule has 8 heavy (non-hydrogen) atoms. The van der Waals surface area contributed by atoms with E-state index in [2.05, 4.69) is 0 Å². The first-order valence-corrected chi connectivity index (χ1v) is 0. The first kappa shape index (κ1) is 1210. The largest absolute Gasteiger partial charge is 3.00 e. The maximum Gasteiger partial charge on any atom is 3.00 e. The summed E-state index contributed by atoms with van der Waals surface area (Å²) in [4.78, 5) is 0. The van der Waals surface area contributed by atoms with Gasteiger partial charge in [-0.15, -0.1) is 0 Å². The maximum atomic E-state index is 0. The van der Waals surface area contributed by atoms with E-state index in [0.717, 1.165) is 0 Å². The van der Waals surface area contributed by atoms with Gasteiger partial charge in [-0.05, 0) is 0 Å². The topological polar surface area (TPSA) is 0 Å². The van der Waals surface area contributed by atoms with Crippen LogP contribution in [0.1, 0.15) is 0 Å². The van der Waals surface area contributed by atoms with Crippen LogP contribution in [0.5, 0.6) is 0 Å². The summed E-state index contributed by atoms with van der Waals surface area (Å²) < 4.78 is 0. The van der Waals surface area contributed by atoms with Crippen LogP contribution in [0.15, 0.2) is 0 Å². The van der Waals surface area contributed by atoms with Crippen molar-refractivity contribution in [2.45, 2.75) is 0 Å². The molecular formula is AlCrF6. The summed E-state index contributed by atoms with van der Waals surface area (Å²) in [6, 6.07) is 0. The molecule has 0 saturated carbocycles. The molecule has 1 radical (unpaired) electrons. The van der Waals surface area contributed by atoms with Crippen molar-refractivity contribution < 1.29 is 45.6 Å². The van der Waals surface area contributed by atoms with Crippen molar-refractivity contribution in [2.75, 3.05) is 0 Å². The van der Waals surface area contributed by atoms with Gasteiger partial charge in [-0.2, -0.15) is 0 Å². The standard InChI is InChI=1S/Al.Cr.6FH/h;;6*1H/q2*+3;;;;;;/p-6. The number of halogens is 6. The quantitative estimate of drug-likeness (QED) is 0.265. The Morgan fingerprint density at radius 1 is 0.375 bits per heavy atom. The molecule has 0 heterocycles. The van der Waals surface area contributed by atoms with Gasteiger partial charge in [-0.1, -0.05) is 0 Å². The molecule has 0 aromatic carbocycles. The fourth-order valence-electron chi connectivity index (χ4n) is 0. The van der Waals surface area contributed by atoms with Crippen LogP contribution in [0.25, 0.3) is 0 Å². The summed E-state index contributed by atoms with van der Waals surface area (Å²) in [5.41, 5.74) is 0. The van der Waals surface area contributed by atoms with E-state index < -0.39 is 0 Å². The average molecular weight is 193 g/mol. The molecule has 0 aliphatic carbocycles. The summed E-state index contributed by atoms with van der Waals surface area (Å²) in [6.45, 7) is 0. The molecule has 51 valence electrons. The predicted molar refractivity (Wildman–Crippen MR) is 5.75 cm³/mol. The molecule has 8 heteroatoms. The molecule has 0 N–H and O–H groups in total. The molecule has 0 fully saturated rings. The van der Waals surface area contributed by atoms with Gasteiger partial charge in [0.2, 0.25) is 0 Å². The summed E-state index contributed by atoms with van der Waals surface area (Å²) >= 11 is 0. The molecule has 0 aliphatic rings. The Labute approximate surface area is 63.5 Å². The van der Waals surface area contributed by atoms with E-state index in [1.165, 1.54) is 0 Å². The molecule has 0 saturated heterocycles. The minimum absolute atomic E-state index is 0. The summed E-state index contributed by atoms with van der Waals surface area (Å²) in [6.07, 6.45) is 0. The van der Waals surface area contributed by atoms with Crippen molar-refractivity contribution in [1.29, 1.82) is 0 Å². The summed E-state index contributed by atoms with van der Waals surface area (Å²) in [5, 5.41) is 0. The van der Waals surface area contributed by atoms with Crippen LogP contribution in [-0.4, -0.2) is 17.4 Å². The fraction of sp³-hybridized carbons (Fsp3) is 0. The van der Waals surface area contributed by atoms with Crippen LogP contribution < -0.4 is 28.2 Å². The van der Waals surface area contributed by atoms with Gasteiger partial charge in [-0.25, -0.2) is 0 Å². The molecule has 0 rings (SSSR count). The Kier molecular flexibility index (Phi) is 123000. The van der Waals surface area contributed by atoms with Crippen LogP contribution in [0.4, 0.5) is 0 Å². The van der Waals surface area contributed by atoms with E-state index in [1.807, 2.05) is 0 Å². The molecule has 0 atom stereocenters. The molecule has 0 aliphatic heterocycles. The fourth-order valence-corrected chi connectivity index (χ4v) is 0. The van der Waals surface area contributed by atoms with Gasteiger partial charge in [0.15, 0.2) is 0 Å². The smallest absolute Gasteiger partial charge is 1.00 e. The van der Waals surface area contributed by atoms with E-state index in [0.29, 0.717) is 0 Å². The van der Waals surface area contributed by atoms with Gasteiger partial charge in [0.1, 0.15) is 0 Å². The number of rotatable bonds is 0. The third-order valence-electron chi connectivity index (χ3n) is 0. The van der Waals surface area contributed by atoms with E-state index >= 15 is 0 Å². The molecule has 0 bridgehead atoms. The molecule has 0 aromatic heterocycles.